The van der Waals surface area contributed by atoms with E-state index >= 15 is 0 Å². The number of hydrogen-bond acceptors (Lipinski definition) is 5. The number of sulfonamides is 1. The second-order valence-electron chi connectivity index (χ2n) is 4.77. The summed E-state index contributed by atoms with van der Waals surface area (Å²) in [4.78, 5) is 20.5. The van der Waals surface area contributed by atoms with Gasteiger partial charge in [-0.1, -0.05) is 23.7 Å². The Labute approximate surface area is 147 Å². The van der Waals surface area contributed by atoms with Gasteiger partial charge in [-0.25, -0.2) is 13.2 Å². The quantitative estimate of drug-likeness (QED) is 0.449. The fraction of sp³-hybridized carbons (Fsp3) is 0. The number of carboxylic acid groups (broad SMARTS) is 1. The Morgan fingerprint density at radius 2 is 1.84 bits per heavy atom. The van der Waals surface area contributed by atoms with Crippen LogP contribution in [-0.2, 0) is 14.8 Å². The summed E-state index contributed by atoms with van der Waals surface area (Å²) in [5, 5.41) is 19.3. The lowest BCUT2D eigenvalue weighted by atomic mass is 10.2. The maximum absolute atomic E-state index is 12.3. The number of carbonyl (C=O) groups is 1. The van der Waals surface area contributed by atoms with Gasteiger partial charge in [0, 0.05) is 12.1 Å². The van der Waals surface area contributed by atoms with Crippen LogP contribution in [0.15, 0.2) is 53.4 Å². The first-order chi connectivity index (χ1) is 11.7. The van der Waals surface area contributed by atoms with E-state index < -0.39 is 26.6 Å². The Hall–Kier alpha value is -2.91. The van der Waals surface area contributed by atoms with E-state index in [1.807, 2.05) is 0 Å². The monoisotopic (exact) mass is 382 g/mol. The maximum atomic E-state index is 12.3. The minimum absolute atomic E-state index is 0.00838. The zero-order chi connectivity index (χ0) is 18.6. The van der Waals surface area contributed by atoms with Gasteiger partial charge in [0.15, 0.2) is 0 Å². The van der Waals surface area contributed by atoms with Gasteiger partial charge in [-0.05, 0) is 35.9 Å². The van der Waals surface area contributed by atoms with Gasteiger partial charge in [0.1, 0.15) is 5.02 Å². The molecule has 0 aliphatic heterocycles. The lowest BCUT2D eigenvalue weighted by Gasteiger charge is -2.08. The predicted octanol–water partition coefficient (Wildman–Crippen LogP) is 3.15. The standard InChI is InChI=1S/C15H11ClN2O6S/c16-13-7-4-11(9-14(13)18(21)22)17-25(23,24)12-5-1-10(2-6-12)3-8-15(19)20/h1-9,17H,(H,19,20)/b8-3+. The van der Waals surface area contributed by atoms with Crippen LogP contribution in [-0.4, -0.2) is 24.4 Å². The molecular formula is C15H11ClN2O6S. The number of nitrogens with zero attached hydrogens (tertiary/aromatic N) is 1. The van der Waals surface area contributed by atoms with Crippen LogP contribution in [0.3, 0.4) is 0 Å². The number of halogens is 1. The van der Waals surface area contributed by atoms with Gasteiger partial charge in [-0.15, -0.1) is 0 Å². The molecule has 0 aromatic heterocycles. The summed E-state index contributed by atoms with van der Waals surface area (Å²) in [6.45, 7) is 0. The third-order valence-electron chi connectivity index (χ3n) is 3.00. The Balaban J connectivity index is 2.26. The van der Waals surface area contributed by atoms with Crippen LogP contribution >= 0.6 is 11.6 Å². The van der Waals surface area contributed by atoms with E-state index in [0.717, 1.165) is 12.1 Å². The lowest BCUT2D eigenvalue weighted by Crippen LogP contribution is -2.13. The van der Waals surface area contributed by atoms with E-state index in [9.17, 15) is 23.3 Å². The van der Waals surface area contributed by atoms with Crippen LogP contribution in [0.1, 0.15) is 5.56 Å². The molecule has 0 aliphatic carbocycles. The molecule has 0 fully saturated rings. The molecule has 0 amide bonds. The van der Waals surface area contributed by atoms with Crippen molar-refractivity contribution in [1.82, 2.24) is 0 Å². The van der Waals surface area contributed by atoms with Crippen molar-refractivity contribution in [2.24, 2.45) is 0 Å². The first-order valence-corrected chi connectivity index (χ1v) is 8.53. The Bertz CT molecular complexity index is 954. The molecule has 2 aromatic rings. The van der Waals surface area contributed by atoms with Gasteiger partial charge >= 0.3 is 5.97 Å². The van der Waals surface area contributed by atoms with Gasteiger partial charge in [0.05, 0.1) is 15.5 Å². The number of nitrogens with one attached hydrogen (secondary N) is 1. The molecule has 2 rings (SSSR count). The van der Waals surface area contributed by atoms with Crippen LogP contribution in [0, 0.1) is 10.1 Å². The van der Waals surface area contributed by atoms with Crippen LogP contribution in [0.4, 0.5) is 11.4 Å². The molecular weight excluding hydrogens is 372 g/mol. The smallest absolute Gasteiger partial charge is 0.328 e. The second kappa shape index (κ2) is 7.32. The first kappa shape index (κ1) is 18.4. The summed E-state index contributed by atoms with van der Waals surface area (Å²) in [6.07, 6.45) is 2.24. The molecule has 2 aromatic carbocycles. The molecule has 0 atom stereocenters. The van der Waals surface area contributed by atoms with Crippen molar-refractivity contribution in [3.8, 4) is 0 Å². The molecule has 130 valence electrons. The van der Waals surface area contributed by atoms with Crippen molar-refractivity contribution in [3.63, 3.8) is 0 Å². The number of nitro groups is 1. The minimum atomic E-state index is -3.97. The molecule has 0 saturated heterocycles. The van der Waals surface area contributed by atoms with Gasteiger partial charge in [0.25, 0.3) is 15.7 Å². The predicted molar refractivity (Wildman–Crippen MR) is 92.0 cm³/mol. The van der Waals surface area contributed by atoms with E-state index in [4.69, 9.17) is 16.7 Å². The van der Waals surface area contributed by atoms with Crippen molar-refractivity contribution < 1.29 is 23.2 Å². The molecule has 0 heterocycles. The summed E-state index contributed by atoms with van der Waals surface area (Å²) in [7, 11) is -3.97. The van der Waals surface area contributed by atoms with E-state index in [1.54, 1.807) is 0 Å². The molecule has 0 radical (unpaired) electrons. The van der Waals surface area contributed by atoms with Crippen LogP contribution in [0.5, 0.6) is 0 Å². The molecule has 10 heteroatoms. The fourth-order valence-corrected chi connectivity index (χ4v) is 3.09. The number of rotatable bonds is 6. The molecule has 2 N–H and O–H groups in total. The van der Waals surface area contributed by atoms with E-state index in [1.165, 1.54) is 42.5 Å². The highest BCUT2D eigenvalue weighted by Crippen LogP contribution is 2.28. The number of aliphatic carboxylic acids is 1. The fourth-order valence-electron chi connectivity index (χ4n) is 1.86. The average molecular weight is 383 g/mol. The number of carboxylic acids is 1. The first-order valence-electron chi connectivity index (χ1n) is 6.67. The van der Waals surface area contributed by atoms with Gasteiger partial charge < -0.3 is 5.11 Å². The third-order valence-corrected chi connectivity index (χ3v) is 4.72. The zero-order valence-corrected chi connectivity index (χ0v) is 14.0. The molecule has 25 heavy (non-hydrogen) atoms. The number of nitro benzene ring substituents is 1. The van der Waals surface area contributed by atoms with Gasteiger partial charge in [-0.2, -0.15) is 0 Å². The molecule has 0 aliphatic rings. The SMILES string of the molecule is O=C(O)/C=C/c1ccc(S(=O)(=O)Nc2ccc(Cl)c([N+](=O)[O-])c2)cc1. The summed E-state index contributed by atoms with van der Waals surface area (Å²) in [5.41, 5.74) is 0.0745. The van der Waals surface area contributed by atoms with Crippen molar-refractivity contribution in [3.05, 3.63) is 69.2 Å². The van der Waals surface area contributed by atoms with E-state index in [2.05, 4.69) is 4.72 Å². The average Bonchev–Trinajstić information content (AvgIpc) is 2.54. The molecule has 8 nitrogen and oxygen atoms in total. The maximum Gasteiger partial charge on any atom is 0.328 e. The van der Waals surface area contributed by atoms with Crippen molar-refractivity contribution in [2.75, 3.05) is 4.72 Å². The third kappa shape index (κ3) is 4.78. The zero-order valence-electron chi connectivity index (χ0n) is 12.4. The molecule has 0 saturated carbocycles. The highest BCUT2D eigenvalue weighted by molar-refractivity contribution is 7.92. The molecule has 0 spiro atoms. The van der Waals surface area contributed by atoms with E-state index in [-0.39, 0.29) is 15.6 Å². The number of hydrogen-bond donors (Lipinski definition) is 2. The van der Waals surface area contributed by atoms with Gasteiger partial charge in [-0.3, -0.25) is 14.8 Å². The molecule has 0 unspecified atom stereocenters. The number of benzene rings is 2. The highest BCUT2D eigenvalue weighted by Gasteiger charge is 2.18. The largest absolute Gasteiger partial charge is 0.478 e. The normalized spacial score (nSPS) is 11.4. The van der Waals surface area contributed by atoms with Crippen molar-refractivity contribution in [2.45, 2.75) is 4.90 Å². The Kier molecular flexibility index (Phi) is 5.40. The van der Waals surface area contributed by atoms with Gasteiger partial charge in [0.2, 0.25) is 0 Å². The topological polar surface area (TPSA) is 127 Å². The van der Waals surface area contributed by atoms with E-state index in [0.29, 0.717) is 5.56 Å². The van der Waals surface area contributed by atoms with Crippen LogP contribution in [0.2, 0.25) is 5.02 Å². The Morgan fingerprint density at radius 1 is 1.20 bits per heavy atom. The van der Waals surface area contributed by atoms with Crippen molar-refractivity contribution >= 4 is 45.0 Å². The van der Waals surface area contributed by atoms with Crippen molar-refractivity contribution in [1.29, 1.82) is 0 Å². The Morgan fingerprint density at radius 3 is 2.40 bits per heavy atom. The highest BCUT2D eigenvalue weighted by atomic mass is 35.5. The minimum Gasteiger partial charge on any atom is -0.478 e. The summed E-state index contributed by atoms with van der Waals surface area (Å²) in [6, 6.07) is 8.97. The number of anilines is 1. The van der Waals surface area contributed by atoms with Crippen LogP contribution in [0.25, 0.3) is 6.08 Å². The summed E-state index contributed by atoms with van der Waals surface area (Å²) >= 11 is 5.68. The lowest BCUT2D eigenvalue weighted by molar-refractivity contribution is -0.384. The second-order valence-corrected chi connectivity index (χ2v) is 6.86. The molecule has 0 bridgehead atoms. The van der Waals surface area contributed by atoms with Crippen LogP contribution < -0.4 is 4.72 Å². The summed E-state index contributed by atoms with van der Waals surface area (Å²) < 4.78 is 26.9. The summed E-state index contributed by atoms with van der Waals surface area (Å²) in [5.74, 6) is -1.12.